The first kappa shape index (κ1) is 13.3. The molecule has 0 spiro atoms. The van der Waals surface area contributed by atoms with Crippen LogP contribution in [0.3, 0.4) is 0 Å². The summed E-state index contributed by atoms with van der Waals surface area (Å²) in [4.78, 5) is 0. The zero-order valence-electron chi connectivity index (χ0n) is 9.06. The zero-order valence-corrected chi connectivity index (χ0v) is 9.87. The molecule has 1 nitrogen and oxygen atoms in total. The predicted octanol–water partition coefficient (Wildman–Crippen LogP) is 4.12. The van der Waals surface area contributed by atoms with Crippen molar-refractivity contribution in [1.29, 1.82) is 0 Å². The Morgan fingerprint density at radius 1 is 0.769 bits per heavy atom. The van der Waals surface area contributed by atoms with Crippen LogP contribution >= 0.6 is 11.9 Å². The molecule has 2 N–H and O–H groups in total. The molecule has 0 aromatic rings. The Kier molecular flexibility index (Phi) is 12.6. The molecule has 0 aromatic carbocycles. The second-order valence-electron chi connectivity index (χ2n) is 3.70. The lowest BCUT2D eigenvalue weighted by Gasteiger charge is -2.00. The van der Waals surface area contributed by atoms with Crippen molar-refractivity contribution in [3.8, 4) is 0 Å². The summed E-state index contributed by atoms with van der Waals surface area (Å²) < 4.78 is 0. The number of hydrogen-bond acceptors (Lipinski definition) is 2. The normalized spacial score (nSPS) is 10.6. The Hall–Kier alpha value is 0.310. The van der Waals surface area contributed by atoms with E-state index in [1.165, 1.54) is 69.7 Å². The van der Waals surface area contributed by atoms with Crippen LogP contribution in [-0.2, 0) is 0 Å². The molecule has 0 unspecified atom stereocenters. The highest BCUT2D eigenvalue weighted by molar-refractivity contribution is 7.97. The fourth-order valence-electron chi connectivity index (χ4n) is 1.50. The van der Waals surface area contributed by atoms with Crippen molar-refractivity contribution in [2.45, 2.75) is 64.7 Å². The third-order valence-electron chi connectivity index (χ3n) is 2.37. The van der Waals surface area contributed by atoms with E-state index in [1.54, 1.807) is 0 Å². The fourth-order valence-corrected chi connectivity index (χ4v) is 1.87. The van der Waals surface area contributed by atoms with Gasteiger partial charge in [-0.2, -0.15) is 0 Å². The summed E-state index contributed by atoms with van der Waals surface area (Å²) in [6.07, 6.45) is 12.6. The average Bonchev–Trinajstić information content (AvgIpc) is 2.16. The Morgan fingerprint density at radius 2 is 1.23 bits per heavy atom. The molecule has 80 valence electrons. The largest absolute Gasteiger partial charge is 0.278 e. The van der Waals surface area contributed by atoms with Gasteiger partial charge >= 0.3 is 0 Å². The van der Waals surface area contributed by atoms with E-state index in [4.69, 9.17) is 5.14 Å². The zero-order chi connectivity index (χ0) is 9.78. The van der Waals surface area contributed by atoms with E-state index in [2.05, 4.69) is 6.92 Å². The standard InChI is InChI=1S/C11H25NS/c1-2-3-4-5-6-7-8-9-10-11-13-12/h2-12H2,1H3. The van der Waals surface area contributed by atoms with E-state index in [0.717, 1.165) is 5.75 Å². The first-order chi connectivity index (χ1) is 6.41. The van der Waals surface area contributed by atoms with Crippen LogP contribution in [0, 0.1) is 0 Å². The second kappa shape index (κ2) is 12.3. The molecule has 0 radical (unpaired) electrons. The van der Waals surface area contributed by atoms with Crippen LogP contribution in [-0.4, -0.2) is 5.75 Å². The Morgan fingerprint density at radius 3 is 1.69 bits per heavy atom. The predicted molar refractivity (Wildman–Crippen MR) is 63.9 cm³/mol. The molecule has 0 saturated heterocycles. The highest BCUT2D eigenvalue weighted by atomic mass is 32.2. The number of hydrogen-bond donors (Lipinski definition) is 1. The summed E-state index contributed by atoms with van der Waals surface area (Å²) >= 11 is 1.48. The maximum atomic E-state index is 5.34. The summed E-state index contributed by atoms with van der Waals surface area (Å²) in [6, 6.07) is 0. The van der Waals surface area contributed by atoms with E-state index < -0.39 is 0 Å². The van der Waals surface area contributed by atoms with Crippen LogP contribution in [0.4, 0.5) is 0 Å². The van der Waals surface area contributed by atoms with Crippen LogP contribution in [0.25, 0.3) is 0 Å². The lowest BCUT2D eigenvalue weighted by Crippen LogP contribution is -1.86. The molecule has 0 fully saturated rings. The van der Waals surface area contributed by atoms with Crippen molar-refractivity contribution in [3.63, 3.8) is 0 Å². The molecule has 0 atom stereocenters. The highest BCUT2D eigenvalue weighted by Gasteiger charge is 1.91. The van der Waals surface area contributed by atoms with Gasteiger partial charge in [-0.15, -0.1) is 0 Å². The van der Waals surface area contributed by atoms with Gasteiger partial charge in [0.05, 0.1) is 0 Å². The van der Waals surface area contributed by atoms with Gasteiger partial charge in [0.1, 0.15) is 0 Å². The molecule has 0 aliphatic rings. The van der Waals surface area contributed by atoms with Crippen LogP contribution in [0.5, 0.6) is 0 Å². The second-order valence-corrected chi connectivity index (χ2v) is 4.44. The van der Waals surface area contributed by atoms with E-state index in [9.17, 15) is 0 Å². The molecule has 0 rings (SSSR count). The minimum Gasteiger partial charge on any atom is -0.278 e. The summed E-state index contributed by atoms with van der Waals surface area (Å²) in [5.74, 6) is 1.13. The first-order valence-electron chi connectivity index (χ1n) is 5.73. The van der Waals surface area contributed by atoms with Crippen molar-refractivity contribution in [2.24, 2.45) is 5.14 Å². The lowest BCUT2D eigenvalue weighted by molar-refractivity contribution is 0.573. The number of unbranched alkanes of at least 4 members (excludes halogenated alkanes) is 8. The maximum Gasteiger partial charge on any atom is 0.00764 e. The van der Waals surface area contributed by atoms with Gasteiger partial charge < -0.3 is 0 Å². The SMILES string of the molecule is CCCCCCCCCCCSN. The average molecular weight is 203 g/mol. The Bertz CT molecular complexity index is 76.2. The van der Waals surface area contributed by atoms with E-state index in [0.29, 0.717) is 0 Å². The van der Waals surface area contributed by atoms with Crippen LogP contribution in [0.2, 0.25) is 0 Å². The Balaban J connectivity index is 2.76. The third kappa shape index (κ3) is 12.3. The van der Waals surface area contributed by atoms with Gasteiger partial charge in [-0.25, -0.2) is 0 Å². The number of rotatable bonds is 10. The van der Waals surface area contributed by atoms with Gasteiger partial charge in [0.25, 0.3) is 0 Å². The molecule has 0 heterocycles. The molecule has 13 heavy (non-hydrogen) atoms. The van der Waals surface area contributed by atoms with Gasteiger partial charge in [0.2, 0.25) is 0 Å². The van der Waals surface area contributed by atoms with Crippen molar-refractivity contribution in [3.05, 3.63) is 0 Å². The van der Waals surface area contributed by atoms with Gasteiger partial charge in [0.15, 0.2) is 0 Å². The van der Waals surface area contributed by atoms with Crippen molar-refractivity contribution in [1.82, 2.24) is 0 Å². The molecule has 0 aromatic heterocycles. The third-order valence-corrected chi connectivity index (χ3v) is 2.89. The summed E-state index contributed by atoms with van der Waals surface area (Å²) in [5.41, 5.74) is 0. The summed E-state index contributed by atoms with van der Waals surface area (Å²) in [6.45, 7) is 2.27. The van der Waals surface area contributed by atoms with E-state index in [-0.39, 0.29) is 0 Å². The number of nitrogens with two attached hydrogens (primary N) is 1. The first-order valence-corrected chi connectivity index (χ1v) is 6.78. The van der Waals surface area contributed by atoms with Crippen molar-refractivity contribution >= 4 is 11.9 Å². The molecule has 0 aliphatic heterocycles. The van der Waals surface area contributed by atoms with Gasteiger partial charge in [-0.1, -0.05) is 70.2 Å². The molecule has 2 heteroatoms. The van der Waals surface area contributed by atoms with Gasteiger partial charge in [-0.3, -0.25) is 5.14 Å². The molecule has 0 amide bonds. The monoisotopic (exact) mass is 203 g/mol. The lowest BCUT2D eigenvalue weighted by atomic mass is 10.1. The summed E-state index contributed by atoms with van der Waals surface area (Å²) in [5, 5.41) is 5.34. The molecular weight excluding hydrogens is 178 g/mol. The molecule has 0 bridgehead atoms. The van der Waals surface area contributed by atoms with Crippen molar-refractivity contribution < 1.29 is 0 Å². The Labute approximate surface area is 88.0 Å². The quantitative estimate of drug-likeness (QED) is 0.427. The van der Waals surface area contributed by atoms with Crippen LogP contribution in [0.15, 0.2) is 0 Å². The van der Waals surface area contributed by atoms with Crippen molar-refractivity contribution in [2.75, 3.05) is 5.75 Å². The molecular formula is C11H25NS. The highest BCUT2D eigenvalue weighted by Crippen LogP contribution is 2.10. The van der Waals surface area contributed by atoms with E-state index in [1.807, 2.05) is 0 Å². The molecule has 0 saturated carbocycles. The van der Waals surface area contributed by atoms with Crippen LogP contribution < -0.4 is 5.14 Å². The summed E-state index contributed by atoms with van der Waals surface area (Å²) in [7, 11) is 0. The minimum absolute atomic E-state index is 1.13. The smallest absolute Gasteiger partial charge is 0.00764 e. The topological polar surface area (TPSA) is 26.0 Å². The van der Waals surface area contributed by atoms with Gasteiger partial charge in [0, 0.05) is 5.75 Å². The molecule has 0 aliphatic carbocycles. The minimum atomic E-state index is 1.13. The van der Waals surface area contributed by atoms with Crippen LogP contribution in [0.1, 0.15) is 64.7 Å². The van der Waals surface area contributed by atoms with E-state index >= 15 is 0 Å². The van der Waals surface area contributed by atoms with Gasteiger partial charge in [-0.05, 0) is 6.42 Å². The maximum absolute atomic E-state index is 5.34. The fraction of sp³-hybridized carbons (Fsp3) is 1.00.